The van der Waals surface area contributed by atoms with Crippen LogP contribution in [-0.2, 0) is 11.2 Å². The Kier molecular flexibility index (Phi) is 7.66. The summed E-state index contributed by atoms with van der Waals surface area (Å²) >= 11 is 1.19. The van der Waals surface area contributed by atoms with E-state index in [0.717, 1.165) is 0 Å². The highest BCUT2D eigenvalue weighted by molar-refractivity contribution is 7.11. The number of thiazole rings is 1. The van der Waals surface area contributed by atoms with Gasteiger partial charge in [0.2, 0.25) is 5.91 Å². The lowest BCUT2D eigenvalue weighted by Gasteiger charge is -2.29. The van der Waals surface area contributed by atoms with Crippen molar-refractivity contribution in [3.8, 4) is 0 Å². The monoisotopic (exact) mass is 500 g/mol. The number of aryl methyl sites for hydroxylation is 1. The Hall–Kier alpha value is -2.53. The number of carbonyl (C=O) groups is 2. The van der Waals surface area contributed by atoms with E-state index in [0.29, 0.717) is 21.9 Å². The van der Waals surface area contributed by atoms with Crippen LogP contribution in [0.1, 0.15) is 51.0 Å². The largest absolute Gasteiger partial charge is 0.395 e. The molecule has 0 aliphatic heterocycles. The summed E-state index contributed by atoms with van der Waals surface area (Å²) in [6.45, 7) is 1.89. The third-order valence-corrected chi connectivity index (χ3v) is 7.45. The lowest BCUT2D eigenvalue weighted by atomic mass is 9.84. The Labute approximate surface area is 199 Å². The predicted molar refractivity (Wildman–Crippen MR) is 121 cm³/mol. The number of rotatable bonds is 10. The van der Waals surface area contributed by atoms with E-state index < -0.39 is 35.1 Å². The number of likely N-dealkylation sites (N-methyl/N-ethyl adjacent to an activating group) is 1. The van der Waals surface area contributed by atoms with E-state index in [9.17, 15) is 27.2 Å². The third-order valence-electron chi connectivity index (χ3n) is 6.43. The second-order valence-corrected chi connectivity index (χ2v) is 10.3. The molecule has 0 unspecified atom stereocenters. The van der Waals surface area contributed by atoms with Crippen molar-refractivity contribution in [3.05, 3.63) is 51.2 Å². The minimum absolute atomic E-state index is 0.00141. The first kappa shape index (κ1) is 26.1. The van der Waals surface area contributed by atoms with E-state index in [1.807, 2.05) is 4.90 Å². The second kappa shape index (κ2) is 9.99. The van der Waals surface area contributed by atoms with E-state index in [2.05, 4.69) is 10.3 Å². The highest BCUT2D eigenvalue weighted by Crippen LogP contribution is 2.66. The number of halogens is 4. The Morgan fingerprint density at radius 1 is 1.29 bits per heavy atom. The summed E-state index contributed by atoms with van der Waals surface area (Å²) in [7, 11) is 3.58. The van der Waals surface area contributed by atoms with Crippen LogP contribution in [0, 0.1) is 18.2 Å². The van der Waals surface area contributed by atoms with E-state index in [1.54, 1.807) is 27.1 Å². The molecule has 34 heavy (non-hydrogen) atoms. The zero-order valence-corrected chi connectivity index (χ0v) is 20.0. The van der Waals surface area contributed by atoms with Crippen LogP contribution in [0.15, 0.2) is 24.4 Å². The number of nitrogens with zero attached hydrogens (tertiary/aromatic N) is 2. The number of aromatic nitrogens is 1. The quantitative estimate of drug-likeness (QED) is 0.486. The average Bonchev–Trinajstić information content (AvgIpc) is 3.44. The maximum Gasteiger partial charge on any atom is 0.395 e. The van der Waals surface area contributed by atoms with Gasteiger partial charge in [0.25, 0.3) is 5.91 Å². The van der Waals surface area contributed by atoms with Gasteiger partial charge in [-0.25, -0.2) is 9.37 Å². The second-order valence-electron chi connectivity index (χ2n) is 9.00. The molecular weight excluding hydrogens is 472 g/mol. The molecule has 1 fully saturated rings. The molecule has 3 N–H and O–H groups in total. The van der Waals surface area contributed by atoms with Crippen molar-refractivity contribution in [3.63, 3.8) is 0 Å². The molecule has 6 nitrogen and oxygen atoms in total. The fourth-order valence-electron chi connectivity index (χ4n) is 4.16. The van der Waals surface area contributed by atoms with Crippen molar-refractivity contribution in [2.24, 2.45) is 11.1 Å². The number of alkyl halides is 3. The molecule has 1 heterocycles. The topological polar surface area (TPSA) is 88.3 Å². The van der Waals surface area contributed by atoms with Crippen LogP contribution in [0.2, 0.25) is 0 Å². The van der Waals surface area contributed by atoms with Gasteiger partial charge in [-0.3, -0.25) is 9.59 Å². The zero-order chi connectivity index (χ0) is 25.3. The van der Waals surface area contributed by atoms with Crippen LogP contribution < -0.4 is 11.1 Å². The molecule has 186 valence electrons. The van der Waals surface area contributed by atoms with E-state index in [1.165, 1.54) is 29.7 Å². The summed E-state index contributed by atoms with van der Waals surface area (Å²) in [6, 6.07) is 3.88. The van der Waals surface area contributed by atoms with Crippen LogP contribution in [-0.4, -0.2) is 54.6 Å². The molecule has 0 spiro atoms. The Morgan fingerprint density at radius 3 is 2.44 bits per heavy atom. The highest BCUT2D eigenvalue weighted by atomic mass is 32.1. The van der Waals surface area contributed by atoms with Gasteiger partial charge in [0.15, 0.2) is 0 Å². The summed E-state index contributed by atoms with van der Waals surface area (Å²) in [5.41, 5.74) is 3.64. The van der Waals surface area contributed by atoms with Crippen LogP contribution >= 0.6 is 11.3 Å². The summed E-state index contributed by atoms with van der Waals surface area (Å²) in [6.07, 6.45) is -2.90. The first-order valence-corrected chi connectivity index (χ1v) is 11.7. The third kappa shape index (κ3) is 5.75. The van der Waals surface area contributed by atoms with Crippen LogP contribution in [0.5, 0.6) is 0 Å². The van der Waals surface area contributed by atoms with Crippen molar-refractivity contribution in [1.82, 2.24) is 15.2 Å². The summed E-state index contributed by atoms with van der Waals surface area (Å²) in [5.74, 6) is -3.05. The number of nitrogens with two attached hydrogens (primary N) is 1. The van der Waals surface area contributed by atoms with E-state index in [-0.39, 0.29) is 37.4 Å². The van der Waals surface area contributed by atoms with Gasteiger partial charge >= 0.3 is 6.18 Å². The smallest absolute Gasteiger partial charge is 0.366 e. The van der Waals surface area contributed by atoms with E-state index in [4.69, 9.17) is 5.73 Å². The van der Waals surface area contributed by atoms with Crippen LogP contribution in [0.4, 0.5) is 17.6 Å². The van der Waals surface area contributed by atoms with Gasteiger partial charge in [0.1, 0.15) is 5.82 Å². The van der Waals surface area contributed by atoms with Crippen molar-refractivity contribution in [2.75, 3.05) is 20.6 Å². The first-order chi connectivity index (χ1) is 15.8. The molecular formula is C23H28F4N4O2S. The molecule has 0 saturated heterocycles. The number of nitrogens with one attached hydrogen (secondary N) is 1. The number of amides is 2. The van der Waals surface area contributed by atoms with Gasteiger partial charge in [-0.05, 0) is 58.0 Å². The number of hydrogen-bond acceptors (Lipinski definition) is 5. The minimum atomic E-state index is -4.40. The molecule has 1 aromatic heterocycles. The maximum absolute atomic E-state index is 14.1. The molecule has 1 aliphatic rings. The fraction of sp³-hybridized carbons (Fsp3) is 0.522. The van der Waals surface area contributed by atoms with Crippen molar-refractivity contribution in [2.45, 2.75) is 50.7 Å². The van der Waals surface area contributed by atoms with E-state index >= 15 is 0 Å². The van der Waals surface area contributed by atoms with Gasteiger partial charge in [-0.15, -0.1) is 11.3 Å². The lowest BCUT2D eigenvalue weighted by molar-refractivity contribution is -0.194. The van der Waals surface area contributed by atoms with Gasteiger partial charge < -0.3 is 16.0 Å². The Morgan fingerprint density at radius 2 is 1.97 bits per heavy atom. The standard InChI is InChI=1S/C23H28F4N4O2S/c1-13-29-12-19(34-13)17(22(6-7-22)23(25,26)27)10-20(32)30-11-15(31(2)3)8-14-4-5-16(21(28)33)18(24)9-14/h4-5,9,12,15,17H,6-8,10-11H2,1-3H3,(H2,28,33)(H,30,32)/t15-,17-/m0/s1. The number of carbonyl (C=O) groups excluding carboxylic acids is 2. The minimum Gasteiger partial charge on any atom is -0.366 e. The molecule has 0 bridgehead atoms. The summed E-state index contributed by atoms with van der Waals surface area (Å²) < 4.78 is 55.7. The number of hydrogen-bond donors (Lipinski definition) is 2. The van der Waals surface area contributed by atoms with Gasteiger partial charge in [-0.1, -0.05) is 6.07 Å². The molecule has 2 amide bonds. The molecule has 2 atom stereocenters. The predicted octanol–water partition coefficient (Wildman–Crippen LogP) is 3.79. The molecule has 3 rings (SSSR count). The molecule has 2 aromatic rings. The summed E-state index contributed by atoms with van der Waals surface area (Å²) in [4.78, 5) is 30.4. The lowest BCUT2D eigenvalue weighted by Crippen LogP contribution is -2.42. The molecule has 1 saturated carbocycles. The number of primary amides is 1. The first-order valence-electron chi connectivity index (χ1n) is 10.8. The van der Waals surface area contributed by atoms with Gasteiger partial charge in [-0.2, -0.15) is 13.2 Å². The molecule has 1 aromatic carbocycles. The number of benzene rings is 1. The van der Waals surface area contributed by atoms with Crippen molar-refractivity contribution < 1.29 is 27.2 Å². The SMILES string of the molecule is Cc1ncc([C@H](CC(=O)NC[C@H](Cc2ccc(C(N)=O)c(F)c2)N(C)C)C2(C(F)(F)F)CC2)s1. The van der Waals surface area contributed by atoms with Gasteiger partial charge in [0.05, 0.1) is 16.0 Å². The summed E-state index contributed by atoms with van der Waals surface area (Å²) in [5, 5.41) is 3.41. The molecule has 1 aliphatic carbocycles. The van der Waals surface area contributed by atoms with Crippen molar-refractivity contribution >= 4 is 23.2 Å². The fourth-order valence-corrected chi connectivity index (χ4v) is 5.16. The van der Waals surface area contributed by atoms with Crippen LogP contribution in [0.25, 0.3) is 0 Å². The van der Waals surface area contributed by atoms with Crippen molar-refractivity contribution in [1.29, 1.82) is 0 Å². The van der Waals surface area contributed by atoms with Gasteiger partial charge in [0, 0.05) is 36.0 Å². The highest BCUT2D eigenvalue weighted by Gasteiger charge is 2.67. The zero-order valence-electron chi connectivity index (χ0n) is 19.2. The molecule has 0 radical (unpaired) electrons. The van der Waals surface area contributed by atoms with Crippen LogP contribution in [0.3, 0.4) is 0 Å². The normalized spacial score (nSPS) is 16.8. The Balaban J connectivity index is 1.68. The molecule has 11 heteroatoms. The Bertz CT molecular complexity index is 1050. The maximum atomic E-state index is 14.1. The average molecular weight is 501 g/mol.